The summed E-state index contributed by atoms with van der Waals surface area (Å²) in [7, 11) is 0. The van der Waals surface area contributed by atoms with Crippen LogP contribution >= 0.6 is 11.3 Å². The summed E-state index contributed by atoms with van der Waals surface area (Å²) in [5.74, 6) is 0.963. The fraction of sp³-hybridized carbons (Fsp3) is 0.308. The second kappa shape index (κ2) is 5.12. The lowest BCUT2D eigenvalue weighted by Crippen LogP contribution is -2.01. The monoisotopic (exact) mass is 232 g/mol. The number of hydrogen-bond donors (Lipinski definition) is 1. The molecule has 2 rings (SSSR count). The lowest BCUT2D eigenvalue weighted by atomic mass is 10.2. The highest BCUT2D eigenvalue weighted by molar-refractivity contribution is 7.10. The Labute approximate surface area is 100 Å². The maximum absolute atomic E-state index is 4.61. The minimum absolute atomic E-state index is 0.963. The molecule has 16 heavy (non-hydrogen) atoms. The molecule has 0 saturated heterocycles. The van der Waals surface area contributed by atoms with Crippen molar-refractivity contribution in [3.05, 3.63) is 34.5 Å². The number of nitrogens with one attached hydrogen (secondary N) is 1. The summed E-state index contributed by atoms with van der Waals surface area (Å²) in [4.78, 5) is 5.93. The van der Waals surface area contributed by atoms with E-state index in [0.29, 0.717) is 0 Å². The molecular formula is C13H16N2S. The van der Waals surface area contributed by atoms with Gasteiger partial charge >= 0.3 is 0 Å². The van der Waals surface area contributed by atoms with Gasteiger partial charge in [-0.25, -0.2) is 4.98 Å². The maximum atomic E-state index is 4.61. The number of thiophene rings is 1. The standard InChI is InChI=1S/C13H16N2S/c1-3-8-14-13-6-4-5-12(15-13)11-7-9-16-10(11)2/h4-7,9H,3,8H2,1-2H3,(H,14,15). The molecule has 0 spiro atoms. The minimum Gasteiger partial charge on any atom is -0.370 e. The van der Waals surface area contributed by atoms with Crippen LogP contribution in [0.5, 0.6) is 0 Å². The number of aryl methyl sites for hydroxylation is 1. The molecule has 2 heterocycles. The number of pyridine rings is 1. The third-order valence-corrected chi connectivity index (χ3v) is 3.29. The SMILES string of the molecule is CCCNc1cccc(-c2ccsc2C)n1. The Hall–Kier alpha value is -1.35. The van der Waals surface area contributed by atoms with Gasteiger partial charge in [-0.1, -0.05) is 13.0 Å². The highest BCUT2D eigenvalue weighted by Gasteiger charge is 2.04. The average Bonchev–Trinajstić information content (AvgIpc) is 2.73. The van der Waals surface area contributed by atoms with E-state index in [0.717, 1.165) is 24.5 Å². The summed E-state index contributed by atoms with van der Waals surface area (Å²) in [5, 5.41) is 5.42. The topological polar surface area (TPSA) is 24.9 Å². The first-order valence-electron chi connectivity index (χ1n) is 5.56. The van der Waals surface area contributed by atoms with Gasteiger partial charge in [-0.3, -0.25) is 0 Å². The normalized spacial score (nSPS) is 10.4. The van der Waals surface area contributed by atoms with Gasteiger partial charge in [-0.2, -0.15) is 0 Å². The van der Waals surface area contributed by atoms with Crippen molar-refractivity contribution in [3.8, 4) is 11.3 Å². The van der Waals surface area contributed by atoms with Crippen LogP contribution in [0.25, 0.3) is 11.3 Å². The van der Waals surface area contributed by atoms with Crippen LogP contribution in [0.4, 0.5) is 5.82 Å². The quantitative estimate of drug-likeness (QED) is 0.863. The van der Waals surface area contributed by atoms with Crippen LogP contribution in [0.1, 0.15) is 18.2 Å². The average molecular weight is 232 g/mol. The van der Waals surface area contributed by atoms with E-state index in [1.807, 2.05) is 6.07 Å². The third kappa shape index (κ3) is 2.42. The molecule has 84 valence electrons. The zero-order valence-electron chi connectivity index (χ0n) is 9.66. The lowest BCUT2D eigenvalue weighted by Gasteiger charge is -2.06. The Morgan fingerprint density at radius 1 is 1.31 bits per heavy atom. The molecule has 2 aromatic heterocycles. The Morgan fingerprint density at radius 3 is 2.88 bits per heavy atom. The van der Waals surface area contributed by atoms with Crippen molar-refractivity contribution in [2.24, 2.45) is 0 Å². The Morgan fingerprint density at radius 2 is 2.19 bits per heavy atom. The van der Waals surface area contributed by atoms with E-state index < -0.39 is 0 Å². The third-order valence-electron chi connectivity index (χ3n) is 2.44. The molecular weight excluding hydrogens is 216 g/mol. The first-order valence-corrected chi connectivity index (χ1v) is 6.44. The zero-order valence-corrected chi connectivity index (χ0v) is 10.5. The van der Waals surface area contributed by atoms with Crippen LogP contribution in [0.2, 0.25) is 0 Å². The van der Waals surface area contributed by atoms with Gasteiger partial charge in [-0.15, -0.1) is 11.3 Å². The Kier molecular flexibility index (Phi) is 3.57. The molecule has 0 aliphatic heterocycles. The van der Waals surface area contributed by atoms with E-state index in [4.69, 9.17) is 0 Å². The molecule has 0 aromatic carbocycles. The van der Waals surface area contributed by atoms with Gasteiger partial charge in [0.1, 0.15) is 5.82 Å². The van der Waals surface area contributed by atoms with Gasteiger partial charge in [0.05, 0.1) is 5.69 Å². The number of rotatable bonds is 4. The zero-order chi connectivity index (χ0) is 11.4. The van der Waals surface area contributed by atoms with Crippen LogP contribution in [0, 0.1) is 6.92 Å². The Balaban J connectivity index is 2.26. The molecule has 0 saturated carbocycles. The largest absolute Gasteiger partial charge is 0.370 e. The van der Waals surface area contributed by atoms with E-state index in [1.165, 1.54) is 10.4 Å². The van der Waals surface area contributed by atoms with Crippen molar-refractivity contribution in [2.75, 3.05) is 11.9 Å². The van der Waals surface area contributed by atoms with Crippen LogP contribution < -0.4 is 5.32 Å². The van der Waals surface area contributed by atoms with Gasteiger partial charge in [0.2, 0.25) is 0 Å². The molecule has 0 unspecified atom stereocenters. The molecule has 0 radical (unpaired) electrons. The highest BCUT2D eigenvalue weighted by Crippen LogP contribution is 2.26. The number of nitrogens with zero attached hydrogens (tertiary/aromatic N) is 1. The summed E-state index contributed by atoms with van der Waals surface area (Å²) in [6.45, 7) is 5.26. The van der Waals surface area contributed by atoms with Crippen LogP contribution in [-0.4, -0.2) is 11.5 Å². The molecule has 0 aliphatic rings. The number of hydrogen-bond acceptors (Lipinski definition) is 3. The van der Waals surface area contributed by atoms with E-state index in [1.54, 1.807) is 11.3 Å². The summed E-state index contributed by atoms with van der Waals surface area (Å²) >= 11 is 1.76. The fourth-order valence-electron chi connectivity index (χ4n) is 1.59. The summed E-state index contributed by atoms with van der Waals surface area (Å²) in [6, 6.07) is 8.26. The van der Waals surface area contributed by atoms with Gasteiger partial charge in [-0.05, 0) is 36.9 Å². The van der Waals surface area contributed by atoms with Crippen molar-refractivity contribution in [3.63, 3.8) is 0 Å². The van der Waals surface area contributed by atoms with Crippen molar-refractivity contribution in [2.45, 2.75) is 20.3 Å². The maximum Gasteiger partial charge on any atom is 0.126 e. The number of anilines is 1. The second-order valence-electron chi connectivity index (χ2n) is 3.73. The Bertz CT molecular complexity index is 462. The molecule has 0 fully saturated rings. The minimum atomic E-state index is 0.963. The van der Waals surface area contributed by atoms with E-state index in [-0.39, 0.29) is 0 Å². The molecule has 3 heteroatoms. The molecule has 0 amide bonds. The molecule has 0 bridgehead atoms. The predicted molar refractivity (Wildman–Crippen MR) is 71.1 cm³/mol. The van der Waals surface area contributed by atoms with Crippen molar-refractivity contribution in [1.82, 2.24) is 4.98 Å². The van der Waals surface area contributed by atoms with Gasteiger partial charge in [0.15, 0.2) is 0 Å². The van der Waals surface area contributed by atoms with Crippen molar-refractivity contribution in [1.29, 1.82) is 0 Å². The van der Waals surface area contributed by atoms with Gasteiger partial charge < -0.3 is 5.32 Å². The smallest absolute Gasteiger partial charge is 0.126 e. The van der Waals surface area contributed by atoms with E-state index >= 15 is 0 Å². The highest BCUT2D eigenvalue weighted by atomic mass is 32.1. The molecule has 1 N–H and O–H groups in total. The van der Waals surface area contributed by atoms with Gasteiger partial charge in [0.25, 0.3) is 0 Å². The predicted octanol–water partition coefficient (Wildman–Crippen LogP) is 3.94. The van der Waals surface area contributed by atoms with E-state index in [2.05, 4.69) is 47.7 Å². The van der Waals surface area contributed by atoms with Crippen molar-refractivity contribution >= 4 is 17.2 Å². The van der Waals surface area contributed by atoms with Crippen molar-refractivity contribution < 1.29 is 0 Å². The van der Waals surface area contributed by atoms with Crippen LogP contribution in [-0.2, 0) is 0 Å². The molecule has 0 aliphatic carbocycles. The first kappa shape index (κ1) is 11.1. The summed E-state index contributed by atoms with van der Waals surface area (Å²) < 4.78 is 0. The van der Waals surface area contributed by atoms with Crippen LogP contribution in [0.3, 0.4) is 0 Å². The van der Waals surface area contributed by atoms with Crippen LogP contribution in [0.15, 0.2) is 29.6 Å². The number of aromatic nitrogens is 1. The molecule has 2 aromatic rings. The van der Waals surface area contributed by atoms with E-state index in [9.17, 15) is 0 Å². The lowest BCUT2D eigenvalue weighted by molar-refractivity contribution is 0.970. The molecule has 2 nitrogen and oxygen atoms in total. The first-order chi connectivity index (χ1) is 7.81. The van der Waals surface area contributed by atoms with Gasteiger partial charge in [0, 0.05) is 17.0 Å². The summed E-state index contributed by atoms with van der Waals surface area (Å²) in [6.07, 6.45) is 1.11. The second-order valence-corrected chi connectivity index (χ2v) is 4.85. The summed E-state index contributed by atoms with van der Waals surface area (Å²) in [5.41, 5.74) is 2.30. The fourth-order valence-corrected chi connectivity index (χ4v) is 2.29. The molecule has 0 atom stereocenters.